The Labute approximate surface area is 173 Å². The fourth-order valence-corrected chi connectivity index (χ4v) is 5.01. The average Bonchev–Trinajstić information content (AvgIpc) is 3.27. The highest BCUT2D eigenvalue weighted by atomic mass is 16.5. The molecule has 0 amide bonds. The van der Waals surface area contributed by atoms with Gasteiger partial charge in [0.1, 0.15) is 11.6 Å². The van der Waals surface area contributed by atoms with Crippen LogP contribution in [0.5, 0.6) is 5.75 Å². The zero-order chi connectivity index (χ0) is 19.6. The van der Waals surface area contributed by atoms with Crippen molar-refractivity contribution < 1.29 is 4.74 Å². The van der Waals surface area contributed by atoms with Crippen LogP contribution in [0.25, 0.3) is 0 Å². The first-order valence-electron chi connectivity index (χ1n) is 10.9. The second kappa shape index (κ2) is 8.17. The minimum absolute atomic E-state index is 0.353. The van der Waals surface area contributed by atoms with E-state index in [9.17, 15) is 0 Å². The summed E-state index contributed by atoms with van der Waals surface area (Å²) in [6, 6.07) is 16.1. The topological polar surface area (TPSA) is 48.9 Å². The molecular weight excluding hydrogens is 360 g/mol. The van der Waals surface area contributed by atoms with Crippen molar-refractivity contribution in [1.29, 1.82) is 0 Å². The molecule has 2 aromatic carbocycles. The number of fused-ring (bicyclic) bond motifs is 3. The highest BCUT2D eigenvalue weighted by Gasteiger charge is 2.28. The van der Waals surface area contributed by atoms with Crippen molar-refractivity contribution in [2.75, 3.05) is 31.6 Å². The number of aryl methyl sites for hydroxylation is 1. The predicted octanol–water partition coefficient (Wildman–Crippen LogP) is 3.44. The number of hydrogen-bond acceptors (Lipinski definition) is 5. The molecule has 3 aliphatic rings. The smallest absolute Gasteiger partial charge is 0.123 e. The van der Waals surface area contributed by atoms with Crippen molar-refractivity contribution in [1.82, 2.24) is 10.6 Å². The molecule has 0 spiro atoms. The average molecular weight is 391 g/mol. The lowest BCUT2D eigenvalue weighted by atomic mass is 9.92. The summed E-state index contributed by atoms with van der Waals surface area (Å²) in [4.78, 5) is 7.08. The van der Waals surface area contributed by atoms with Crippen LogP contribution in [0.4, 0.5) is 5.69 Å². The van der Waals surface area contributed by atoms with Gasteiger partial charge in [0.05, 0.1) is 13.7 Å². The van der Waals surface area contributed by atoms with Crippen molar-refractivity contribution in [3.8, 4) is 5.75 Å². The van der Waals surface area contributed by atoms with E-state index in [1.807, 2.05) is 0 Å². The van der Waals surface area contributed by atoms with E-state index in [4.69, 9.17) is 4.74 Å². The third-order valence-electron chi connectivity index (χ3n) is 6.49. The van der Waals surface area contributed by atoms with E-state index in [-0.39, 0.29) is 0 Å². The first-order chi connectivity index (χ1) is 14.3. The molecule has 29 heavy (non-hydrogen) atoms. The van der Waals surface area contributed by atoms with Crippen molar-refractivity contribution >= 4 is 11.5 Å². The van der Waals surface area contributed by atoms with Gasteiger partial charge in [0.15, 0.2) is 0 Å². The Morgan fingerprint density at radius 3 is 2.97 bits per heavy atom. The van der Waals surface area contributed by atoms with Crippen LogP contribution in [0.2, 0.25) is 0 Å². The lowest BCUT2D eigenvalue weighted by molar-refractivity contribution is 0.303. The van der Waals surface area contributed by atoms with Gasteiger partial charge in [-0.15, -0.1) is 0 Å². The molecule has 0 aromatic heterocycles. The van der Waals surface area contributed by atoms with E-state index >= 15 is 0 Å². The first kappa shape index (κ1) is 18.6. The molecule has 5 heteroatoms. The summed E-state index contributed by atoms with van der Waals surface area (Å²) >= 11 is 0. The summed E-state index contributed by atoms with van der Waals surface area (Å²) in [5.41, 5.74) is 5.30. The van der Waals surface area contributed by atoms with Gasteiger partial charge >= 0.3 is 0 Å². The van der Waals surface area contributed by atoms with Crippen LogP contribution in [0.3, 0.4) is 0 Å². The summed E-state index contributed by atoms with van der Waals surface area (Å²) in [5, 5.41) is 7.55. The molecule has 2 atom stereocenters. The van der Waals surface area contributed by atoms with Crippen LogP contribution in [-0.4, -0.2) is 38.6 Å². The van der Waals surface area contributed by atoms with Crippen LogP contribution in [0.15, 0.2) is 47.5 Å². The van der Waals surface area contributed by atoms with Crippen LogP contribution >= 0.6 is 0 Å². The fourth-order valence-electron chi connectivity index (χ4n) is 5.01. The molecule has 3 aliphatic heterocycles. The maximum absolute atomic E-state index is 5.77. The number of rotatable bonds is 5. The number of nitrogens with one attached hydrogen (secondary N) is 2. The molecule has 152 valence electrons. The fraction of sp³-hybridized carbons (Fsp3) is 0.458. The van der Waals surface area contributed by atoms with Gasteiger partial charge < -0.3 is 20.3 Å². The van der Waals surface area contributed by atoms with Crippen LogP contribution < -0.4 is 20.3 Å². The predicted molar refractivity (Wildman–Crippen MR) is 118 cm³/mol. The minimum Gasteiger partial charge on any atom is -0.496 e. The number of aliphatic imine (C=N–C) groups is 1. The van der Waals surface area contributed by atoms with Crippen LogP contribution in [-0.2, 0) is 13.0 Å². The zero-order valence-electron chi connectivity index (χ0n) is 17.2. The number of amidine groups is 1. The lowest BCUT2D eigenvalue weighted by Crippen LogP contribution is -2.45. The number of hydrogen-bond donors (Lipinski definition) is 2. The highest BCUT2D eigenvalue weighted by molar-refractivity contribution is 6.02. The molecule has 0 radical (unpaired) electrons. The van der Waals surface area contributed by atoms with E-state index in [0.29, 0.717) is 12.1 Å². The first-order valence-corrected chi connectivity index (χ1v) is 10.9. The molecule has 2 unspecified atom stereocenters. The Balaban J connectivity index is 1.37. The number of nitrogens with zero attached hydrogens (tertiary/aromatic N) is 2. The SMILES string of the molecule is COc1cc2c(cc1CNC1CCCNC1c1ccccc1)N1CCN=C1CC2. The lowest BCUT2D eigenvalue weighted by Gasteiger charge is -2.34. The van der Waals surface area contributed by atoms with E-state index in [0.717, 1.165) is 44.8 Å². The number of anilines is 1. The second-order valence-electron chi connectivity index (χ2n) is 8.21. The molecule has 1 fully saturated rings. The molecule has 5 rings (SSSR count). The van der Waals surface area contributed by atoms with Gasteiger partial charge in [-0.25, -0.2) is 0 Å². The van der Waals surface area contributed by atoms with Gasteiger partial charge in [-0.1, -0.05) is 30.3 Å². The van der Waals surface area contributed by atoms with Gasteiger partial charge in [0.25, 0.3) is 0 Å². The molecule has 3 heterocycles. The van der Waals surface area contributed by atoms with Gasteiger partial charge in [-0.3, -0.25) is 4.99 Å². The summed E-state index contributed by atoms with van der Waals surface area (Å²) in [6.45, 7) is 3.81. The van der Waals surface area contributed by atoms with E-state index in [1.54, 1.807) is 7.11 Å². The quantitative estimate of drug-likeness (QED) is 0.821. The monoisotopic (exact) mass is 390 g/mol. The molecule has 0 aliphatic carbocycles. The van der Waals surface area contributed by atoms with E-state index in [2.05, 4.69) is 63.0 Å². The Bertz CT molecular complexity index is 895. The molecule has 5 nitrogen and oxygen atoms in total. The second-order valence-corrected chi connectivity index (χ2v) is 8.21. The molecule has 1 saturated heterocycles. The van der Waals surface area contributed by atoms with Crippen molar-refractivity contribution in [2.45, 2.75) is 44.3 Å². The van der Waals surface area contributed by atoms with Crippen LogP contribution in [0, 0.1) is 0 Å². The Kier molecular flexibility index (Phi) is 5.25. The third kappa shape index (κ3) is 3.65. The maximum Gasteiger partial charge on any atom is 0.123 e. The summed E-state index contributed by atoms with van der Waals surface area (Å²) in [6.07, 6.45) is 4.48. The Hall–Kier alpha value is -2.37. The maximum atomic E-state index is 5.77. The summed E-state index contributed by atoms with van der Waals surface area (Å²) < 4.78 is 5.77. The molecule has 2 N–H and O–H groups in total. The van der Waals surface area contributed by atoms with Gasteiger partial charge in [0.2, 0.25) is 0 Å². The third-order valence-corrected chi connectivity index (χ3v) is 6.49. The molecule has 0 saturated carbocycles. The largest absolute Gasteiger partial charge is 0.496 e. The number of ether oxygens (including phenoxy) is 1. The minimum atomic E-state index is 0.353. The van der Waals surface area contributed by atoms with Gasteiger partial charge in [-0.2, -0.15) is 0 Å². The standard InChI is InChI=1S/C24H30N4O/c1-29-22-15-18-9-10-23-25-12-13-28(23)21(18)14-19(22)16-27-20-8-5-11-26-24(20)17-6-3-2-4-7-17/h2-4,6-7,14-15,20,24,26-27H,5,8-13,16H2,1H3. The van der Waals surface area contributed by atoms with E-state index in [1.165, 1.54) is 41.1 Å². The molecular formula is C24H30N4O. The van der Waals surface area contributed by atoms with Crippen molar-refractivity contribution in [2.24, 2.45) is 4.99 Å². The Morgan fingerprint density at radius 2 is 2.10 bits per heavy atom. The summed E-state index contributed by atoms with van der Waals surface area (Å²) in [5.74, 6) is 2.25. The summed E-state index contributed by atoms with van der Waals surface area (Å²) in [7, 11) is 1.78. The van der Waals surface area contributed by atoms with Crippen molar-refractivity contribution in [3.63, 3.8) is 0 Å². The van der Waals surface area contributed by atoms with Gasteiger partial charge in [0, 0.05) is 42.8 Å². The van der Waals surface area contributed by atoms with Crippen molar-refractivity contribution in [3.05, 3.63) is 59.2 Å². The number of methoxy groups -OCH3 is 1. The van der Waals surface area contributed by atoms with Crippen LogP contribution in [0.1, 0.15) is 42.0 Å². The van der Waals surface area contributed by atoms with E-state index < -0.39 is 0 Å². The number of benzene rings is 2. The van der Waals surface area contributed by atoms with Gasteiger partial charge in [-0.05, 0) is 49.1 Å². The molecule has 0 bridgehead atoms. The normalized spacial score (nSPS) is 23.3. The Morgan fingerprint density at radius 1 is 1.21 bits per heavy atom. The number of piperidine rings is 1. The molecule has 2 aromatic rings. The zero-order valence-corrected chi connectivity index (χ0v) is 17.2. The highest BCUT2D eigenvalue weighted by Crippen LogP contribution is 2.36.